The number of hydrogen-bond acceptors (Lipinski definition) is 2. The molecule has 0 saturated carbocycles. The van der Waals surface area contributed by atoms with Crippen molar-refractivity contribution in [1.82, 2.24) is 4.90 Å². The van der Waals surface area contributed by atoms with Crippen LogP contribution in [0.2, 0.25) is 5.02 Å². The van der Waals surface area contributed by atoms with Crippen molar-refractivity contribution in [2.45, 2.75) is 33.0 Å². The van der Waals surface area contributed by atoms with Crippen LogP contribution in [0.25, 0.3) is 0 Å². The van der Waals surface area contributed by atoms with E-state index in [2.05, 4.69) is 30.9 Å². The number of benzene rings is 2. The second-order valence-corrected chi connectivity index (χ2v) is 5.74. The van der Waals surface area contributed by atoms with Gasteiger partial charge in [0.05, 0.1) is 0 Å². The molecule has 0 spiro atoms. The quantitative estimate of drug-likeness (QED) is 0.830. The van der Waals surface area contributed by atoms with Crippen molar-refractivity contribution in [3.8, 4) is 0 Å². The van der Waals surface area contributed by atoms with Gasteiger partial charge in [-0.3, -0.25) is 4.90 Å². The Bertz CT molecular complexity index is 566. The lowest BCUT2D eigenvalue weighted by Crippen LogP contribution is -2.30. The largest absolute Gasteiger partial charge is 0.399 e. The van der Waals surface area contributed by atoms with Crippen LogP contribution in [0.3, 0.4) is 0 Å². The minimum Gasteiger partial charge on any atom is -0.399 e. The van der Waals surface area contributed by atoms with Crippen molar-refractivity contribution in [2.24, 2.45) is 0 Å². The number of halogens is 1. The van der Waals surface area contributed by atoms with Crippen molar-refractivity contribution >= 4 is 17.3 Å². The average Bonchev–Trinajstić information content (AvgIpc) is 2.40. The Morgan fingerprint density at radius 1 is 1.05 bits per heavy atom. The fraction of sp³-hybridized carbons (Fsp3) is 0.294. The Balaban J connectivity index is 2.14. The Kier molecular flexibility index (Phi) is 5.05. The summed E-state index contributed by atoms with van der Waals surface area (Å²) < 4.78 is 0. The van der Waals surface area contributed by atoms with Gasteiger partial charge in [-0.1, -0.05) is 41.9 Å². The number of rotatable bonds is 5. The van der Waals surface area contributed by atoms with Crippen LogP contribution in [0.4, 0.5) is 5.69 Å². The van der Waals surface area contributed by atoms with Gasteiger partial charge in [-0.25, -0.2) is 0 Å². The number of nitrogens with zero attached hydrogens (tertiary/aromatic N) is 1. The first kappa shape index (κ1) is 14.9. The normalized spacial score (nSPS) is 11.2. The molecule has 2 N–H and O–H groups in total. The second-order valence-electron chi connectivity index (χ2n) is 5.34. The van der Waals surface area contributed by atoms with Crippen LogP contribution >= 0.6 is 11.6 Å². The van der Waals surface area contributed by atoms with E-state index in [0.717, 1.165) is 29.4 Å². The molecule has 0 radical (unpaired) electrons. The van der Waals surface area contributed by atoms with Gasteiger partial charge in [-0.05, 0) is 43.2 Å². The van der Waals surface area contributed by atoms with Gasteiger partial charge in [0, 0.05) is 29.8 Å². The summed E-state index contributed by atoms with van der Waals surface area (Å²) in [6.07, 6.45) is 0. The molecule has 0 aromatic heterocycles. The molecule has 0 fully saturated rings. The first-order valence-electron chi connectivity index (χ1n) is 6.88. The molecule has 0 heterocycles. The molecule has 0 aliphatic heterocycles. The first-order chi connectivity index (χ1) is 9.56. The fourth-order valence-corrected chi connectivity index (χ4v) is 2.39. The summed E-state index contributed by atoms with van der Waals surface area (Å²) in [5.41, 5.74) is 9.04. The van der Waals surface area contributed by atoms with E-state index in [1.807, 2.05) is 36.4 Å². The van der Waals surface area contributed by atoms with E-state index in [0.29, 0.717) is 6.04 Å². The Hall–Kier alpha value is -1.51. The molecule has 0 amide bonds. The summed E-state index contributed by atoms with van der Waals surface area (Å²) in [5.74, 6) is 0. The molecular formula is C17H21ClN2. The molecule has 2 aromatic rings. The first-order valence-corrected chi connectivity index (χ1v) is 7.26. The number of nitrogens with two attached hydrogens (primary N) is 1. The zero-order valence-electron chi connectivity index (χ0n) is 12.0. The van der Waals surface area contributed by atoms with Crippen molar-refractivity contribution < 1.29 is 0 Å². The molecule has 2 aromatic carbocycles. The minimum absolute atomic E-state index is 0.438. The third kappa shape index (κ3) is 3.99. The standard InChI is InChI=1S/C17H21ClN2/c1-13(2)20(11-14-6-5-8-16(19)10-14)12-15-7-3-4-9-17(15)18/h3-10,13H,11-12,19H2,1-2H3. The number of anilines is 1. The number of nitrogen functional groups attached to an aromatic ring is 1. The Morgan fingerprint density at radius 2 is 1.80 bits per heavy atom. The van der Waals surface area contributed by atoms with Crippen LogP contribution < -0.4 is 5.73 Å². The summed E-state index contributed by atoms with van der Waals surface area (Å²) in [4.78, 5) is 2.38. The van der Waals surface area contributed by atoms with E-state index >= 15 is 0 Å². The van der Waals surface area contributed by atoms with Crippen molar-refractivity contribution in [2.75, 3.05) is 5.73 Å². The zero-order chi connectivity index (χ0) is 14.5. The number of hydrogen-bond donors (Lipinski definition) is 1. The summed E-state index contributed by atoms with van der Waals surface area (Å²) in [6.45, 7) is 6.10. The smallest absolute Gasteiger partial charge is 0.0451 e. The van der Waals surface area contributed by atoms with Crippen LogP contribution in [-0.2, 0) is 13.1 Å². The predicted molar refractivity (Wildman–Crippen MR) is 86.7 cm³/mol. The molecular weight excluding hydrogens is 268 g/mol. The molecule has 2 rings (SSSR count). The van der Waals surface area contributed by atoms with Gasteiger partial charge in [0.25, 0.3) is 0 Å². The van der Waals surface area contributed by atoms with Crippen LogP contribution in [0.15, 0.2) is 48.5 Å². The molecule has 0 aliphatic rings. The van der Waals surface area contributed by atoms with E-state index in [9.17, 15) is 0 Å². The maximum absolute atomic E-state index is 6.25. The highest BCUT2D eigenvalue weighted by molar-refractivity contribution is 6.31. The van der Waals surface area contributed by atoms with Crippen molar-refractivity contribution in [3.63, 3.8) is 0 Å². The van der Waals surface area contributed by atoms with Gasteiger partial charge >= 0.3 is 0 Å². The maximum atomic E-state index is 6.25. The molecule has 20 heavy (non-hydrogen) atoms. The SMILES string of the molecule is CC(C)N(Cc1cccc(N)c1)Cc1ccccc1Cl. The summed E-state index contributed by atoms with van der Waals surface area (Å²) in [7, 11) is 0. The Morgan fingerprint density at radius 3 is 2.45 bits per heavy atom. The molecule has 3 heteroatoms. The summed E-state index contributed by atoms with van der Waals surface area (Å²) in [6, 6.07) is 16.5. The van der Waals surface area contributed by atoms with E-state index in [1.54, 1.807) is 0 Å². The third-order valence-corrected chi connectivity index (χ3v) is 3.77. The third-order valence-electron chi connectivity index (χ3n) is 3.40. The zero-order valence-corrected chi connectivity index (χ0v) is 12.8. The van der Waals surface area contributed by atoms with Gasteiger partial charge < -0.3 is 5.73 Å². The molecule has 0 saturated heterocycles. The molecule has 2 nitrogen and oxygen atoms in total. The average molecular weight is 289 g/mol. The van der Waals surface area contributed by atoms with Crippen molar-refractivity contribution in [3.05, 3.63) is 64.7 Å². The highest BCUT2D eigenvalue weighted by Gasteiger charge is 2.12. The van der Waals surface area contributed by atoms with Crippen LogP contribution in [0.1, 0.15) is 25.0 Å². The highest BCUT2D eigenvalue weighted by atomic mass is 35.5. The van der Waals surface area contributed by atoms with Crippen LogP contribution in [-0.4, -0.2) is 10.9 Å². The lowest BCUT2D eigenvalue weighted by Gasteiger charge is -2.27. The maximum Gasteiger partial charge on any atom is 0.0451 e. The summed E-state index contributed by atoms with van der Waals surface area (Å²) >= 11 is 6.25. The van der Waals surface area contributed by atoms with Gasteiger partial charge in [0.1, 0.15) is 0 Å². The monoisotopic (exact) mass is 288 g/mol. The van der Waals surface area contributed by atoms with Gasteiger partial charge in [-0.15, -0.1) is 0 Å². The molecule has 0 unspecified atom stereocenters. The van der Waals surface area contributed by atoms with Crippen LogP contribution in [0, 0.1) is 0 Å². The lowest BCUT2D eigenvalue weighted by molar-refractivity contribution is 0.204. The van der Waals surface area contributed by atoms with Crippen LogP contribution in [0.5, 0.6) is 0 Å². The fourth-order valence-electron chi connectivity index (χ4n) is 2.19. The minimum atomic E-state index is 0.438. The Labute approximate surface area is 126 Å². The molecule has 106 valence electrons. The summed E-state index contributed by atoms with van der Waals surface area (Å²) in [5, 5.41) is 0.825. The lowest BCUT2D eigenvalue weighted by atomic mass is 10.1. The molecule has 0 atom stereocenters. The van der Waals surface area contributed by atoms with E-state index < -0.39 is 0 Å². The van der Waals surface area contributed by atoms with E-state index in [1.165, 1.54) is 5.56 Å². The second kappa shape index (κ2) is 6.78. The highest BCUT2D eigenvalue weighted by Crippen LogP contribution is 2.20. The topological polar surface area (TPSA) is 29.3 Å². The van der Waals surface area contributed by atoms with E-state index in [4.69, 9.17) is 17.3 Å². The molecule has 0 bridgehead atoms. The van der Waals surface area contributed by atoms with Gasteiger partial charge in [-0.2, -0.15) is 0 Å². The predicted octanol–water partition coefficient (Wildman–Crippen LogP) is 4.33. The van der Waals surface area contributed by atoms with Crippen molar-refractivity contribution in [1.29, 1.82) is 0 Å². The van der Waals surface area contributed by atoms with Gasteiger partial charge in [0.15, 0.2) is 0 Å². The molecule has 0 aliphatic carbocycles. The van der Waals surface area contributed by atoms with Gasteiger partial charge in [0.2, 0.25) is 0 Å². The van der Waals surface area contributed by atoms with E-state index in [-0.39, 0.29) is 0 Å².